The summed E-state index contributed by atoms with van der Waals surface area (Å²) in [5.41, 5.74) is 12.8. The molecular formula is C50H70N4O7S2. The van der Waals surface area contributed by atoms with Crippen molar-refractivity contribution in [3.05, 3.63) is 82.0 Å². The summed E-state index contributed by atoms with van der Waals surface area (Å²) in [6.07, 6.45) is 9.81. The minimum Gasteiger partial charge on any atom is -0.504 e. The van der Waals surface area contributed by atoms with E-state index in [1.54, 1.807) is 28.5 Å². The zero-order chi connectivity index (χ0) is 44.4. The van der Waals surface area contributed by atoms with Crippen LogP contribution in [0.15, 0.2) is 65.2 Å². The van der Waals surface area contributed by atoms with E-state index in [1.165, 1.54) is 5.57 Å². The van der Waals surface area contributed by atoms with Crippen LogP contribution in [0.1, 0.15) is 94.9 Å². The normalized spacial score (nSPS) is 36.3. The third-order valence-corrected chi connectivity index (χ3v) is 17.8. The van der Waals surface area contributed by atoms with Crippen molar-refractivity contribution in [3.8, 4) is 23.3 Å². The summed E-state index contributed by atoms with van der Waals surface area (Å²) in [7, 11) is 3.27. The van der Waals surface area contributed by atoms with E-state index >= 15 is 0 Å². The molecule has 2 aliphatic heterocycles. The molecule has 0 amide bonds. The molecule has 0 spiro atoms. The van der Waals surface area contributed by atoms with Gasteiger partial charge in [0.05, 0.1) is 24.4 Å². The number of aliphatic hydroxyl groups is 5. The number of ether oxygens (including phenoxy) is 1. The van der Waals surface area contributed by atoms with Crippen LogP contribution < -0.4 is 21.1 Å². The summed E-state index contributed by atoms with van der Waals surface area (Å²) < 4.78 is 6.90. The highest BCUT2D eigenvalue weighted by Crippen LogP contribution is 2.52. The lowest BCUT2D eigenvalue weighted by Crippen LogP contribution is -2.44. The van der Waals surface area contributed by atoms with Crippen LogP contribution in [0.3, 0.4) is 0 Å². The number of aliphatic hydroxyl groups excluding tert-OH is 5. The van der Waals surface area contributed by atoms with Gasteiger partial charge in [-0.05, 0) is 130 Å². The molecule has 2 fully saturated rings. The van der Waals surface area contributed by atoms with Gasteiger partial charge in [0.2, 0.25) is 0 Å². The number of hydrogen-bond donors (Lipinski definition) is 10. The highest BCUT2D eigenvalue weighted by molar-refractivity contribution is 8.76. The second kappa shape index (κ2) is 20.2. The number of aromatic nitrogens is 1. The fourth-order valence-electron chi connectivity index (χ4n) is 11.8. The highest BCUT2D eigenvalue weighted by Gasteiger charge is 2.47. The molecule has 1 saturated heterocycles. The van der Waals surface area contributed by atoms with E-state index in [-0.39, 0.29) is 59.2 Å². The predicted octanol–water partition coefficient (Wildman–Crippen LogP) is 5.67. The summed E-state index contributed by atoms with van der Waals surface area (Å²) in [5.74, 6) is 8.17. The summed E-state index contributed by atoms with van der Waals surface area (Å²) in [6.45, 7) is 7.05. The number of dihydropyridines is 1. The van der Waals surface area contributed by atoms with Gasteiger partial charge in [-0.25, -0.2) is 0 Å². The molecule has 6 aliphatic rings. The van der Waals surface area contributed by atoms with E-state index in [0.717, 1.165) is 66.5 Å². The second-order valence-corrected chi connectivity index (χ2v) is 21.9. The Balaban J connectivity index is 1.15. The van der Waals surface area contributed by atoms with Gasteiger partial charge < -0.3 is 56.7 Å². The number of phenols is 1. The quantitative estimate of drug-likeness (QED) is 0.0799. The van der Waals surface area contributed by atoms with Gasteiger partial charge in [0.25, 0.3) is 0 Å². The lowest BCUT2D eigenvalue weighted by Gasteiger charge is -2.37. The van der Waals surface area contributed by atoms with Crippen LogP contribution in [0.4, 0.5) is 0 Å². The molecule has 1 saturated carbocycles. The molecule has 1 aromatic heterocycles. The van der Waals surface area contributed by atoms with Crippen LogP contribution in [0, 0.1) is 52.8 Å². The van der Waals surface area contributed by atoms with Crippen molar-refractivity contribution in [1.82, 2.24) is 15.6 Å². The Labute approximate surface area is 381 Å². The molecule has 14 unspecified atom stereocenters. The Morgan fingerprint density at radius 2 is 1.94 bits per heavy atom. The maximum atomic E-state index is 12.4. The molecule has 2 bridgehead atoms. The molecule has 11 N–H and O–H groups in total. The summed E-state index contributed by atoms with van der Waals surface area (Å²) in [4.78, 5) is 3.36. The van der Waals surface area contributed by atoms with Crippen molar-refractivity contribution in [2.24, 2.45) is 46.7 Å². The smallest absolute Gasteiger partial charge is 0.161 e. The first-order valence-corrected chi connectivity index (χ1v) is 26.0. The van der Waals surface area contributed by atoms with Gasteiger partial charge >= 0.3 is 0 Å². The summed E-state index contributed by atoms with van der Waals surface area (Å²) in [6, 6.07) is 7.90. The van der Waals surface area contributed by atoms with Gasteiger partial charge in [-0.1, -0.05) is 65.0 Å². The number of aromatic hydroxyl groups is 1. The van der Waals surface area contributed by atoms with E-state index in [0.29, 0.717) is 56.1 Å². The first-order chi connectivity index (χ1) is 30.4. The number of nitrogens with one attached hydrogen (secondary N) is 3. The molecule has 63 heavy (non-hydrogen) atoms. The number of benzene rings is 1. The number of phenolic OH excluding ortho intramolecular Hbond substituents is 1. The van der Waals surface area contributed by atoms with Gasteiger partial charge in [0.15, 0.2) is 11.5 Å². The summed E-state index contributed by atoms with van der Waals surface area (Å²) >= 11 is 0. The van der Waals surface area contributed by atoms with Gasteiger partial charge in [-0.3, -0.25) is 0 Å². The number of hydrogen-bond acceptors (Lipinski definition) is 12. The zero-order valence-corrected chi connectivity index (χ0v) is 38.8. The van der Waals surface area contributed by atoms with Crippen LogP contribution in [0.5, 0.6) is 11.5 Å². The summed E-state index contributed by atoms with van der Waals surface area (Å²) in [5, 5.41) is 76.5. The molecule has 344 valence electrons. The number of fused-ring (bicyclic) bond motifs is 8. The molecule has 0 radical (unpaired) electrons. The third kappa shape index (κ3) is 10.0. The van der Waals surface area contributed by atoms with E-state index in [1.807, 2.05) is 24.4 Å². The lowest BCUT2D eigenvalue weighted by molar-refractivity contribution is -0.0360. The Kier molecular flexibility index (Phi) is 14.9. The lowest BCUT2D eigenvalue weighted by atomic mass is 9.70. The van der Waals surface area contributed by atoms with Gasteiger partial charge in [0, 0.05) is 83.8 Å². The largest absolute Gasteiger partial charge is 0.504 e. The van der Waals surface area contributed by atoms with Crippen LogP contribution in [-0.2, 0) is 12.8 Å². The van der Waals surface area contributed by atoms with Crippen LogP contribution in [0.25, 0.3) is 0 Å². The molecule has 11 nitrogen and oxygen atoms in total. The fourth-order valence-corrected chi connectivity index (χ4v) is 14.3. The van der Waals surface area contributed by atoms with E-state index in [4.69, 9.17) is 10.5 Å². The van der Waals surface area contributed by atoms with E-state index in [9.17, 15) is 30.6 Å². The fraction of sp³-hybridized carbons (Fsp3) is 0.640. The molecule has 13 heteroatoms. The minimum atomic E-state index is -1.04. The maximum Gasteiger partial charge on any atom is 0.161 e. The zero-order valence-electron chi connectivity index (χ0n) is 37.1. The van der Waals surface area contributed by atoms with Crippen molar-refractivity contribution in [2.45, 2.75) is 127 Å². The molecule has 2 aromatic rings. The molecule has 4 aliphatic carbocycles. The average Bonchev–Trinajstić information content (AvgIpc) is 3.65. The van der Waals surface area contributed by atoms with Crippen LogP contribution in [0.2, 0.25) is 0 Å². The molecule has 14 atom stereocenters. The Morgan fingerprint density at radius 3 is 2.68 bits per heavy atom. The molecular weight excluding hydrogens is 833 g/mol. The van der Waals surface area contributed by atoms with Gasteiger partial charge in [-0.2, -0.15) is 0 Å². The number of H-pyrrole nitrogens is 1. The van der Waals surface area contributed by atoms with Crippen molar-refractivity contribution in [2.75, 3.05) is 31.2 Å². The Bertz CT molecular complexity index is 2060. The van der Waals surface area contributed by atoms with Crippen LogP contribution in [-0.4, -0.2) is 103 Å². The number of aromatic amines is 1. The monoisotopic (exact) mass is 902 g/mol. The minimum absolute atomic E-state index is 0.000828. The molecule has 1 aromatic carbocycles. The first kappa shape index (κ1) is 46.5. The number of nitrogens with two attached hydrogens (primary N) is 1. The number of rotatable bonds is 10. The molecule has 3 heterocycles. The number of allylic oxidation sites excluding steroid dienone is 3. The predicted molar refractivity (Wildman–Crippen MR) is 252 cm³/mol. The second-order valence-electron chi connectivity index (χ2n) is 19.4. The van der Waals surface area contributed by atoms with E-state index in [2.05, 4.69) is 59.5 Å². The van der Waals surface area contributed by atoms with Gasteiger partial charge in [0.1, 0.15) is 11.9 Å². The van der Waals surface area contributed by atoms with Crippen molar-refractivity contribution < 1.29 is 35.4 Å². The van der Waals surface area contributed by atoms with Gasteiger partial charge in [-0.15, -0.1) is 0 Å². The standard InChI is InChI=1S/C50H70N4O7S2/c1-4-29-15-32-19-42(57)44(61-45-20-33(17-35-7-6-13-52-35)37-10-14-53-49(51)41(37)27-63-62-26-34(25-55)47(45)59)22-39(32)40-21-43(58)46-30(18-38(29)40)8-11-50(5-2)12-9-31(48(46)60)16-36(23-50)54-24-28(3)56/h6-7,10,13,18-19,22,28-31,33-34,36,40,43,45-48,52-60H,4-5,9,12,14-17,20-21,23-27,51H2,1-3H3. The van der Waals surface area contributed by atoms with Crippen LogP contribution >= 0.6 is 21.6 Å². The molecule has 8 rings (SSSR count). The Morgan fingerprint density at radius 1 is 1.10 bits per heavy atom. The van der Waals surface area contributed by atoms with Crippen molar-refractivity contribution in [3.63, 3.8) is 0 Å². The van der Waals surface area contributed by atoms with Crippen molar-refractivity contribution >= 4 is 21.6 Å². The topological polar surface area (TPSA) is 196 Å². The maximum absolute atomic E-state index is 12.4. The SMILES string of the molecule is CCC1Cc2cc(O)c(OC3CC(Cc4ccc[nH]4)C4=CCNC(N)=C4CSSCC(CO)C3O)cc2C2CC(O)C3C(C#CC4(CC)CCC(CC(NCC(C)O)C4)C3O)C=C12. The third-order valence-electron chi connectivity index (χ3n) is 15.4. The van der Waals surface area contributed by atoms with E-state index < -0.39 is 42.4 Å². The first-order valence-electron chi connectivity index (χ1n) is 23.5. The highest BCUT2D eigenvalue weighted by atomic mass is 33.1. The Hall–Kier alpha value is -3.06. The average molecular weight is 903 g/mol. The van der Waals surface area contributed by atoms with Crippen molar-refractivity contribution in [1.29, 1.82) is 0 Å².